The molecule has 0 N–H and O–H groups in total. The monoisotopic (exact) mass is 399 g/mol. The summed E-state index contributed by atoms with van der Waals surface area (Å²) in [7, 11) is 2.16. The van der Waals surface area contributed by atoms with Gasteiger partial charge in [0.2, 0.25) is 0 Å². The van der Waals surface area contributed by atoms with E-state index in [0.29, 0.717) is 12.1 Å². The molecule has 3 nitrogen and oxygen atoms in total. The van der Waals surface area contributed by atoms with Crippen molar-refractivity contribution in [3.63, 3.8) is 0 Å². The number of pyridine rings is 1. The van der Waals surface area contributed by atoms with Crippen molar-refractivity contribution in [2.45, 2.75) is 106 Å². The van der Waals surface area contributed by atoms with Crippen LogP contribution in [0.1, 0.15) is 98.8 Å². The Hall–Kier alpha value is -1.77. The molecule has 1 fully saturated rings. The Morgan fingerprint density at radius 2 is 1.59 bits per heavy atom. The van der Waals surface area contributed by atoms with Gasteiger partial charge in [-0.05, 0) is 56.7 Å². The van der Waals surface area contributed by atoms with Crippen LogP contribution in [0.3, 0.4) is 0 Å². The Labute approximate surface area is 180 Å². The summed E-state index contributed by atoms with van der Waals surface area (Å²) < 4.78 is 2.30. The zero-order chi connectivity index (χ0) is 22.1. The minimum absolute atomic E-state index is 0.630. The lowest BCUT2D eigenvalue weighted by Gasteiger charge is -2.30. The lowest BCUT2D eigenvalue weighted by atomic mass is 10.0. The van der Waals surface area contributed by atoms with Gasteiger partial charge in [-0.1, -0.05) is 61.5 Å². The molecule has 0 spiro atoms. The highest BCUT2D eigenvalue weighted by molar-refractivity contribution is 5.93. The van der Waals surface area contributed by atoms with Crippen molar-refractivity contribution in [3.05, 3.63) is 30.0 Å². The lowest BCUT2D eigenvalue weighted by molar-refractivity contribution is 0.593. The van der Waals surface area contributed by atoms with E-state index >= 15 is 0 Å². The first-order chi connectivity index (χ1) is 14.0. The number of anilines is 1. The van der Waals surface area contributed by atoms with E-state index < -0.39 is 0 Å². The first-order valence-corrected chi connectivity index (χ1v) is 12.0. The number of aromatic nitrogens is 2. The van der Waals surface area contributed by atoms with Gasteiger partial charge >= 0.3 is 0 Å². The number of rotatable bonds is 6. The molecular formula is C26H45N3. The van der Waals surface area contributed by atoms with E-state index in [1.165, 1.54) is 42.3 Å². The van der Waals surface area contributed by atoms with Gasteiger partial charge in [0.05, 0.1) is 0 Å². The third-order valence-electron chi connectivity index (χ3n) is 5.88. The van der Waals surface area contributed by atoms with Crippen LogP contribution in [0.15, 0.2) is 18.7 Å². The van der Waals surface area contributed by atoms with E-state index in [1.54, 1.807) is 0 Å². The second kappa shape index (κ2) is 12.0. The van der Waals surface area contributed by atoms with Crippen molar-refractivity contribution in [2.24, 2.45) is 7.05 Å². The summed E-state index contributed by atoms with van der Waals surface area (Å²) >= 11 is 0. The first kappa shape index (κ1) is 25.3. The summed E-state index contributed by atoms with van der Waals surface area (Å²) in [6.45, 7) is 21.2. The molecule has 0 aromatic carbocycles. The van der Waals surface area contributed by atoms with Gasteiger partial charge in [0.1, 0.15) is 11.5 Å². The third kappa shape index (κ3) is 5.05. The third-order valence-corrected chi connectivity index (χ3v) is 5.88. The molecule has 2 aromatic heterocycles. The average Bonchev–Trinajstić information content (AvgIpc) is 3.30. The van der Waals surface area contributed by atoms with E-state index in [0.717, 1.165) is 29.9 Å². The van der Waals surface area contributed by atoms with E-state index in [-0.39, 0.29) is 0 Å². The Balaban J connectivity index is 0.000000989. The van der Waals surface area contributed by atoms with Crippen molar-refractivity contribution in [1.82, 2.24) is 9.55 Å². The molecule has 1 aliphatic heterocycles. The van der Waals surface area contributed by atoms with Crippen LogP contribution in [0.4, 0.5) is 5.82 Å². The molecule has 0 amide bonds. The standard InChI is InChI=1S/C22H33N3.2C2H6/c1-7-10-19-21(15(4)5)18-13-14-20(23-22(18)24(19)6)25-16(8-2)11-12-17(25)9-3;2*1-2/h13-14,16-17H,4,7-12H2,1-3,5-6H3;2*1-2H3. The molecule has 3 rings (SSSR count). The molecule has 2 unspecified atom stereocenters. The molecular weight excluding hydrogens is 354 g/mol. The maximum absolute atomic E-state index is 5.15. The molecule has 0 bridgehead atoms. The van der Waals surface area contributed by atoms with Crippen LogP contribution in [0.25, 0.3) is 16.6 Å². The highest BCUT2D eigenvalue weighted by atomic mass is 15.3. The van der Waals surface area contributed by atoms with Crippen LogP contribution in [-0.2, 0) is 13.5 Å². The zero-order valence-electron chi connectivity index (χ0n) is 20.6. The fourth-order valence-electron chi connectivity index (χ4n) is 4.63. The number of hydrogen-bond donors (Lipinski definition) is 0. The van der Waals surface area contributed by atoms with Crippen LogP contribution >= 0.6 is 0 Å². The molecule has 1 aliphatic rings. The van der Waals surface area contributed by atoms with Crippen molar-refractivity contribution in [1.29, 1.82) is 0 Å². The average molecular weight is 400 g/mol. The van der Waals surface area contributed by atoms with E-state index in [9.17, 15) is 0 Å². The molecule has 0 radical (unpaired) electrons. The molecule has 2 aromatic rings. The first-order valence-electron chi connectivity index (χ1n) is 12.0. The normalized spacial score (nSPS) is 18.2. The quantitative estimate of drug-likeness (QED) is 0.494. The van der Waals surface area contributed by atoms with Gasteiger partial charge < -0.3 is 9.47 Å². The fraction of sp³-hybridized carbons (Fsp3) is 0.654. The maximum atomic E-state index is 5.15. The van der Waals surface area contributed by atoms with Gasteiger partial charge in [0.15, 0.2) is 0 Å². The topological polar surface area (TPSA) is 21.1 Å². The van der Waals surface area contributed by atoms with Crippen LogP contribution in [0.2, 0.25) is 0 Å². The fourth-order valence-corrected chi connectivity index (χ4v) is 4.63. The zero-order valence-corrected chi connectivity index (χ0v) is 20.6. The molecule has 0 saturated carbocycles. The van der Waals surface area contributed by atoms with Gasteiger partial charge in [0, 0.05) is 35.8 Å². The SMILES string of the molecule is C=C(C)c1c(CCC)n(C)c2nc(N3C(CC)CCC3CC)ccc12.CC.CC. The minimum atomic E-state index is 0.630. The largest absolute Gasteiger partial charge is 0.351 e. The smallest absolute Gasteiger partial charge is 0.142 e. The molecule has 164 valence electrons. The Kier molecular flexibility index (Phi) is 10.5. The van der Waals surface area contributed by atoms with Gasteiger partial charge in [-0.2, -0.15) is 0 Å². The van der Waals surface area contributed by atoms with Gasteiger partial charge in [-0.3, -0.25) is 0 Å². The number of allylic oxidation sites excluding steroid dienone is 1. The maximum Gasteiger partial charge on any atom is 0.142 e. The van der Waals surface area contributed by atoms with Crippen molar-refractivity contribution < 1.29 is 0 Å². The minimum Gasteiger partial charge on any atom is -0.351 e. The molecule has 2 atom stereocenters. The van der Waals surface area contributed by atoms with Gasteiger partial charge in [0.25, 0.3) is 0 Å². The van der Waals surface area contributed by atoms with E-state index in [4.69, 9.17) is 4.98 Å². The summed E-state index contributed by atoms with van der Waals surface area (Å²) in [6, 6.07) is 5.77. The summed E-state index contributed by atoms with van der Waals surface area (Å²) in [4.78, 5) is 7.74. The Morgan fingerprint density at radius 1 is 1.03 bits per heavy atom. The lowest BCUT2D eigenvalue weighted by Crippen LogP contribution is -2.36. The number of fused-ring (bicyclic) bond motifs is 1. The van der Waals surface area contributed by atoms with Crippen molar-refractivity contribution in [3.8, 4) is 0 Å². The van der Waals surface area contributed by atoms with Crippen LogP contribution in [0.5, 0.6) is 0 Å². The van der Waals surface area contributed by atoms with E-state index in [2.05, 4.69) is 62.9 Å². The predicted molar refractivity (Wildman–Crippen MR) is 132 cm³/mol. The van der Waals surface area contributed by atoms with Crippen molar-refractivity contribution in [2.75, 3.05) is 4.90 Å². The summed E-state index contributed by atoms with van der Waals surface area (Å²) in [5.74, 6) is 1.15. The Bertz CT molecular complexity index is 760. The van der Waals surface area contributed by atoms with Gasteiger partial charge in [-0.15, -0.1) is 0 Å². The number of aryl methyl sites for hydroxylation is 1. The van der Waals surface area contributed by atoms with Crippen molar-refractivity contribution >= 4 is 22.4 Å². The summed E-state index contributed by atoms with van der Waals surface area (Å²) in [5, 5.41) is 1.25. The van der Waals surface area contributed by atoms with Gasteiger partial charge in [-0.25, -0.2) is 4.98 Å². The highest BCUT2D eigenvalue weighted by Crippen LogP contribution is 2.36. The number of nitrogens with zero attached hydrogens (tertiary/aromatic N) is 3. The molecule has 3 heteroatoms. The molecule has 0 aliphatic carbocycles. The second-order valence-corrected chi connectivity index (χ2v) is 7.56. The molecule has 3 heterocycles. The van der Waals surface area contributed by atoms with E-state index in [1.807, 2.05) is 27.7 Å². The van der Waals surface area contributed by atoms with Crippen LogP contribution < -0.4 is 4.90 Å². The summed E-state index contributed by atoms with van der Waals surface area (Å²) in [5.41, 5.74) is 4.92. The molecule has 1 saturated heterocycles. The van der Waals surface area contributed by atoms with Crippen LogP contribution in [0, 0.1) is 0 Å². The van der Waals surface area contributed by atoms with Crippen LogP contribution in [-0.4, -0.2) is 21.6 Å². The second-order valence-electron chi connectivity index (χ2n) is 7.56. The summed E-state index contributed by atoms with van der Waals surface area (Å²) in [6.07, 6.45) is 7.19. The molecule has 29 heavy (non-hydrogen) atoms. The predicted octanol–water partition coefficient (Wildman–Crippen LogP) is 7.77. The Morgan fingerprint density at radius 3 is 2.03 bits per heavy atom. The number of hydrogen-bond acceptors (Lipinski definition) is 2. The highest BCUT2D eigenvalue weighted by Gasteiger charge is 2.32.